The van der Waals surface area contributed by atoms with Crippen LogP contribution in [-0.2, 0) is 6.42 Å². The number of pyridine rings is 1. The highest BCUT2D eigenvalue weighted by molar-refractivity contribution is 5.35. The van der Waals surface area contributed by atoms with Gasteiger partial charge < -0.3 is 5.11 Å². The average Bonchev–Trinajstić information content (AvgIpc) is 2.34. The van der Waals surface area contributed by atoms with E-state index in [4.69, 9.17) is 0 Å². The van der Waals surface area contributed by atoms with E-state index in [1.165, 1.54) is 16.7 Å². The van der Waals surface area contributed by atoms with E-state index in [0.717, 1.165) is 11.3 Å². The molecule has 0 aliphatic rings. The third-order valence-corrected chi connectivity index (χ3v) is 3.41. The number of aryl methyl sites for hydroxylation is 3. The van der Waals surface area contributed by atoms with E-state index in [2.05, 4.69) is 31.0 Å². The van der Waals surface area contributed by atoms with Crippen LogP contribution in [0.15, 0.2) is 36.5 Å². The molecule has 0 radical (unpaired) electrons. The maximum absolute atomic E-state index is 10.3. The molecule has 1 heterocycles. The molecule has 0 aliphatic heterocycles. The summed E-state index contributed by atoms with van der Waals surface area (Å²) in [5.41, 5.74) is 5.48. The first kappa shape index (κ1) is 12.8. The molecule has 1 aromatic carbocycles. The summed E-state index contributed by atoms with van der Waals surface area (Å²) < 4.78 is 0. The Kier molecular flexibility index (Phi) is 3.78. The van der Waals surface area contributed by atoms with Gasteiger partial charge in [0.25, 0.3) is 0 Å². The monoisotopic (exact) mass is 241 g/mol. The minimum atomic E-state index is -0.536. The Morgan fingerprint density at radius 1 is 1.00 bits per heavy atom. The molecule has 2 nitrogen and oxygen atoms in total. The first-order chi connectivity index (χ1) is 8.59. The van der Waals surface area contributed by atoms with E-state index >= 15 is 0 Å². The van der Waals surface area contributed by atoms with E-state index in [1.807, 2.05) is 25.1 Å². The van der Waals surface area contributed by atoms with Gasteiger partial charge in [0.1, 0.15) is 6.10 Å². The lowest BCUT2D eigenvalue weighted by atomic mass is 9.95. The van der Waals surface area contributed by atoms with E-state index in [0.29, 0.717) is 6.42 Å². The maximum atomic E-state index is 10.3. The number of hydrogen-bond acceptors (Lipinski definition) is 2. The van der Waals surface area contributed by atoms with Crippen molar-refractivity contribution < 1.29 is 5.11 Å². The quantitative estimate of drug-likeness (QED) is 0.894. The van der Waals surface area contributed by atoms with Crippen molar-refractivity contribution in [3.63, 3.8) is 0 Å². The Hall–Kier alpha value is -1.67. The molecule has 18 heavy (non-hydrogen) atoms. The molecule has 0 aliphatic carbocycles. The van der Waals surface area contributed by atoms with Gasteiger partial charge in [-0.3, -0.25) is 4.98 Å². The fraction of sp³-hybridized carbons (Fsp3) is 0.312. The summed E-state index contributed by atoms with van der Waals surface area (Å²) in [5, 5.41) is 10.3. The molecule has 0 amide bonds. The third kappa shape index (κ3) is 2.59. The van der Waals surface area contributed by atoms with Crippen LogP contribution in [0.1, 0.15) is 34.1 Å². The van der Waals surface area contributed by atoms with Crippen molar-refractivity contribution in [2.24, 2.45) is 0 Å². The molecular formula is C16H19NO. The standard InChI is InChI=1S/C16H19NO/c1-11-6-4-7-12(2)14(11)10-15(18)16-13(3)8-5-9-17-16/h4-9,15,18H,10H2,1-3H3. The van der Waals surface area contributed by atoms with Gasteiger partial charge in [0.2, 0.25) is 0 Å². The number of aromatic nitrogens is 1. The Bertz CT molecular complexity index is 528. The first-order valence-corrected chi connectivity index (χ1v) is 6.24. The van der Waals surface area contributed by atoms with Crippen LogP contribution in [0.4, 0.5) is 0 Å². The van der Waals surface area contributed by atoms with Gasteiger partial charge in [-0.05, 0) is 49.1 Å². The normalized spacial score (nSPS) is 12.4. The summed E-state index contributed by atoms with van der Waals surface area (Å²) in [5.74, 6) is 0. The van der Waals surface area contributed by atoms with Crippen molar-refractivity contribution in [1.82, 2.24) is 4.98 Å². The fourth-order valence-electron chi connectivity index (χ4n) is 2.31. The summed E-state index contributed by atoms with van der Waals surface area (Å²) in [6.07, 6.45) is 1.82. The Morgan fingerprint density at radius 2 is 1.61 bits per heavy atom. The lowest BCUT2D eigenvalue weighted by molar-refractivity contribution is 0.172. The number of benzene rings is 1. The van der Waals surface area contributed by atoms with Crippen molar-refractivity contribution in [3.05, 3.63) is 64.5 Å². The zero-order valence-electron chi connectivity index (χ0n) is 11.1. The van der Waals surface area contributed by atoms with Crippen molar-refractivity contribution >= 4 is 0 Å². The molecule has 0 saturated carbocycles. The van der Waals surface area contributed by atoms with Gasteiger partial charge >= 0.3 is 0 Å². The fourth-order valence-corrected chi connectivity index (χ4v) is 2.31. The second kappa shape index (κ2) is 5.32. The maximum Gasteiger partial charge on any atom is 0.100 e. The van der Waals surface area contributed by atoms with Crippen LogP contribution in [0, 0.1) is 20.8 Å². The molecule has 2 rings (SSSR count). The van der Waals surface area contributed by atoms with Crippen molar-refractivity contribution in [3.8, 4) is 0 Å². The van der Waals surface area contributed by atoms with Gasteiger partial charge in [-0.2, -0.15) is 0 Å². The van der Waals surface area contributed by atoms with Crippen LogP contribution in [0.3, 0.4) is 0 Å². The van der Waals surface area contributed by atoms with Gasteiger partial charge in [0.05, 0.1) is 5.69 Å². The Balaban J connectivity index is 2.27. The molecule has 1 aromatic heterocycles. The second-order valence-electron chi connectivity index (χ2n) is 4.80. The smallest absolute Gasteiger partial charge is 0.100 e. The van der Waals surface area contributed by atoms with Crippen molar-refractivity contribution in [2.75, 3.05) is 0 Å². The van der Waals surface area contributed by atoms with E-state index < -0.39 is 6.10 Å². The largest absolute Gasteiger partial charge is 0.386 e. The predicted octanol–water partition coefficient (Wildman–Crippen LogP) is 3.28. The molecule has 0 fully saturated rings. The van der Waals surface area contributed by atoms with Gasteiger partial charge in [-0.1, -0.05) is 24.3 Å². The van der Waals surface area contributed by atoms with Crippen LogP contribution >= 0.6 is 0 Å². The van der Waals surface area contributed by atoms with Gasteiger partial charge in [-0.15, -0.1) is 0 Å². The molecule has 1 unspecified atom stereocenters. The van der Waals surface area contributed by atoms with Crippen LogP contribution in [0.25, 0.3) is 0 Å². The van der Waals surface area contributed by atoms with Crippen LogP contribution in [0.5, 0.6) is 0 Å². The number of hydrogen-bond donors (Lipinski definition) is 1. The predicted molar refractivity (Wildman–Crippen MR) is 73.6 cm³/mol. The summed E-state index contributed by atoms with van der Waals surface area (Å²) in [6.45, 7) is 6.15. The highest BCUT2D eigenvalue weighted by atomic mass is 16.3. The van der Waals surface area contributed by atoms with Gasteiger partial charge in [0, 0.05) is 12.6 Å². The number of nitrogens with zero attached hydrogens (tertiary/aromatic N) is 1. The van der Waals surface area contributed by atoms with Crippen molar-refractivity contribution in [2.45, 2.75) is 33.3 Å². The lowest BCUT2D eigenvalue weighted by Crippen LogP contribution is -2.08. The minimum Gasteiger partial charge on any atom is -0.386 e. The zero-order valence-corrected chi connectivity index (χ0v) is 11.1. The van der Waals surface area contributed by atoms with Gasteiger partial charge in [0.15, 0.2) is 0 Å². The molecule has 0 saturated heterocycles. The second-order valence-corrected chi connectivity index (χ2v) is 4.80. The Labute approximate surface area is 108 Å². The molecule has 94 valence electrons. The first-order valence-electron chi connectivity index (χ1n) is 6.24. The molecule has 1 N–H and O–H groups in total. The molecule has 1 atom stereocenters. The van der Waals surface area contributed by atoms with Gasteiger partial charge in [-0.25, -0.2) is 0 Å². The Morgan fingerprint density at radius 3 is 2.22 bits per heavy atom. The highest BCUT2D eigenvalue weighted by Gasteiger charge is 2.14. The minimum absolute atomic E-state index is 0.536. The highest BCUT2D eigenvalue weighted by Crippen LogP contribution is 2.23. The third-order valence-electron chi connectivity index (χ3n) is 3.41. The van der Waals surface area contributed by atoms with E-state index in [9.17, 15) is 5.11 Å². The zero-order chi connectivity index (χ0) is 13.1. The summed E-state index contributed by atoms with van der Waals surface area (Å²) >= 11 is 0. The SMILES string of the molecule is Cc1cccnc1C(O)Cc1c(C)cccc1C. The number of aliphatic hydroxyl groups excluding tert-OH is 1. The molecular weight excluding hydrogens is 222 g/mol. The topological polar surface area (TPSA) is 33.1 Å². The van der Waals surface area contributed by atoms with Crippen molar-refractivity contribution in [1.29, 1.82) is 0 Å². The number of rotatable bonds is 3. The summed E-state index contributed by atoms with van der Waals surface area (Å²) in [4.78, 5) is 4.28. The van der Waals surface area contributed by atoms with E-state index in [-0.39, 0.29) is 0 Å². The van der Waals surface area contributed by atoms with Crippen LogP contribution < -0.4 is 0 Å². The molecule has 2 heteroatoms. The van der Waals surface area contributed by atoms with E-state index in [1.54, 1.807) is 6.20 Å². The molecule has 0 bridgehead atoms. The lowest BCUT2D eigenvalue weighted by Gasteiger charge is -2.15. The van der Waals surface area contributed by atoms with Crippen LogP contribution in [0.2, 0.25) is 0 Å². The number of aliphatic hydroxyl groups is 1. The van der Waals surface area contributed by atoms with Crippen LogP contribution in [-0.4, -0.2) is 10.1 Å². The summed E-state index contributed by atoms with van der Waals surface area (Å²) in [7, 11) is 0. The summed E-state index contributed by atoms with van der Waals surface area (Å²) in [6, 6.07) is 10.1. The molecule has 0 spiro atoms. The molecule has 2 aromatic rings. The average molecular weight is 241 g/mol.